The molecule has 2 aromatic rings. The number of methoxy groups -OCH3 is 2. The van der Waals surface area contributed by atoms with Gasteiger partial charge in [-0.05, 0) is 49.2 Å². The fraction of sp³-hybridized carbons (Fsp3) is 0.391. The maximum Gasteiger partial charge on any atom is 0.228 e. The number of hydrogen-bond acceptors (Lipinski definition) is 4. The minimum Gasteiger partial charge on any atom is -0.497 e. The Morgan fingerprint density at radius 1 is 1.00 bits per heavy atom. The zero-order valence-corrected chi connectivity index (χ0v) is 17.3. The number of hydrogen-bond donors (Lipinski definition) is 2. The van der Waals surface area contributed by atoms with Gasteiger partial charge in [-0.15, -0.1) is 0 Å². The van der Waals surface area contributed by atoms with E-state index in [0.29, 0.717) is 22.7 Å². The predicted octanol–water partition coefficient (Wildman–Crippen LogP) is 4.54. The highest BCUT2D eigenvalue weighted by Gasteiger charge is 2.22. The summed E-state index contributed by atoms with van der Waals surface area (Å²) in [6, 6.07) is 9.36. The molecule has 1 saturated carbocycles. The van der Waals surface area contributed by atoms with Crippen LogP contribution in [0.5, 0.6) is 11.5 Å². The first kappa shape index (κ1) is 21.6. The van der Waals surface area contributed by atoms with Crippen molar-refractivity contribution >= 4 is 23.2 Å². The largest absolute Gasteiger partial charge is 0.497 e. The molecule has 2 aromatic carbocycles. The number of halogens is 1. The molecule has 0 radical (unpaired) electrons. The minimum absolute atomic E-state index is 0.0571. The van der Waals surface area contributed by atoms with Crippen molar-refractivity contribution in [2.24, 2.45) is 5.92 Å². The van der Waals surface area contributed by atoms with E-state index in [-0.39, 0.29) is 29.8 Å². The molecule has 160 valence electrons. The number of rotatable bonds is 7. The SMILES string of the molecule is COc1ccc(OC)c(CC(=O)Nc2ccc(F)c(NC(=O)C3CCCCC3)c2)c1. The van der Waals surface area contributed by atoms with Crippen LogP contribution in [0.4, 0.5) is 15.8 Å². The van der Waals surface area contributed by atoms with Crippen LogP contribution in [0.15, 0.2) is 36.4 Å². The summed E-state index contributed by atoms with van der Waals surface area (Å²) in [6.45, 7) is 0. The van der Waals surface area contributed by atoms with Crippen molar-refractivity contribution in [2.45, 2.75) is 38.5 Å². The van der Waals surface area contributed by atoms with Crippen molar-refractivity contribution in [3.8, 4) is 11.5 Å². The molecule has 0 saturated heterocycles. The van der Waals surface area contributed by atoms with Gasteiger partial charge in [-0.2, -0.15) is 0 Å². The van der Waals surface area contributed by atoms with Gasteiger partial charge in [0.2, 0.25) is 11.8 Å². The molecule has 6 nitrogen and oxygen atoms in total. The molecule has 1 aliphatic rings. The van der Waals surface area contributed by atoms with Gasteiger partial charge < -0.3 is 20.1 Å². The molecule has 0 aliphatic heterocycles. The zero-order chi connectivity index (χ0) is 21.5. The van der Waals surface area contributed by atoms with E-state index in [9.17, 15) is 14.0 Å². The van der Waals surface area contributed by atoms with Gasteiger partial charge in [0.15, 0.2) is 0 Å². The van der Waals surface area contributed by atoms with Gasteiger partial charge in [-0.3, -0.25) is 9.59 Å². The molecule has 0 unspecified atom stereocenters. The molecule has 1 aliphatic carbocycles. The lowest BCUT2D eigenvalue weighted by Gasteiger charge is -2.21. The molecule has 30 heavy (non-hydrogen) atoms. The first-order chi connectivity index (χ1) is 14.5. The van der Waals surface area contributed by atoms with Gasteiger partial charge in [0, 0.05) is 17.2 Å². The summed E-state index contributed by atoms with van der Waals surface area (Å²) < 4.78 is 24.7. The lowest BCUT2D eigenvalue weighted by Crippen LogP contribution is -2.25. The van der Waals surface area contributed by atoms with Crippen LogP contribution in [-0.2, 0) is 16.0 Å². The third kappa shape index (κ3) is 5.49. The van der Waals surface area contributed by atoms with Crippen LogP contribution >= 0.6 is 0 Å². The number of carbonyl (C=O) groups is 2. The second kappa shape index (κ2) is 10.1. The lowest BCUT2D eigenvalue weighted by atomic mass is 9.88. The molecular weight excluding hydrogens is 387 g/mol. The number of benzene rings is 2. The minimum atomic E-state index is -0.536. The van der Waals surface area contributed by atoms with Gasteiger partial charge in [0.05, 0.1) is 26.3 Å². The average molecular weight is 414 g/mol. The predicted molar refractivity (Wildman–Crippen MR) is 113 cm³/mol. The maximum absolute atomic E-state index is 14.2. The summed E-state index contributed by atoms with van der Waals surface area (Å²) in [6.07, 6.45) is 4.88. The first-order valence-corrected chi connectivity index (χ1v) is 10.1. The number of nitrogens with one attached hydrogen (secondary N) is 2. The van der Waals surface area contributed by atoms with Crippen molar-refractivity contribution in [1.82, 2.24) is 0 Å². The van der Waals surface area contributed by atoms with Crippen LogP contribution in [0.25, 0.3) is 0 Å². The fourth-order valence-corrected chi connectivity index (χ4v) is 3.70. The van der Waals surface area contributed by atoms with Crippen molar-refractivity contribution in [2.75, 3.05) is 24.9 Å². The molecule has 0 atom stereocenters. The Labute approximate surface area is 175 Å². The quantitative estimate of drug-likeness (QED) is 0.697. The number of ether oxygens (including phenoxy) is 2. The summed E-state index contributed by atoms with van der Waals surface area (Å²) in [5, 5.41) is 5.42. The smallest absolute Gasteiger partial charge is 0.228 e. The summed E-state index contributed by atoms with van der Waals surface area (Å²) in [5.74, 6) is 0.109. The van der Waals surface area contributed by atoms with E-state index in [0.717, 1.165) is 32.1 Å². The zero-order valence-electron chi connectivity index (χ0n) is 17.3. The Hall–Kier alpha value is -3.09. The third-order valence-corrected chi connectivity index (χ3v) is 5.32. The van der Waals surface area contributed by atoms with Crippen molar-refractivity contribution in [3.05, 3.63) is 47.8 Å². The van der Waals surface area contributed by atoms with Crippen LogP contribution in [0.1, 0.15) is 37.7 Å². The van der Waals surface area contributed by atoms with Gasteiger partial charge >= 0.3 is 0 Å². The molecule has 2 N–H and O–H groups in total. The Bertz CT molecular complexity index is 910. The second-order valence-electron chi connectivity index (χ2n) is 7.42. The summed E-state index contributed by atoms with van der Waals surface area (Å²) in [5.41, 5.74) is 1.15. The van der Waals surface area contributed by atoms with Gasteiger partial charge in [-0.25, -0.2) is 4.39 Å². The second-order valence-corrected chi connectivity index (χ2v) is 7.42. The number of anilines is 2. The monoisotopic (exact) mass is 414 g/mol. The molecule has 3 rings (SSSR count). The average Bonchev–Trinajstić information content (AvgIpc) is 2.76. The normalized spacial score (nSPS) is 14.1. The van der Waals surface area contributed by atoms with E-state index in [2.05, 4.69) is 10.6 Å². The molecule has 0 heterocycles. The topological polar surface area (TPSA) is 76.7 Å². The molecule has 7 heteroatoms. The van der Waals surface area contributed by atoms with Crippen LogP contribution in [0.2, 0.25) is 0 Å². The van der Waals surface area contributed by atoms with E-state index >= 15 is 0 Å². The number of amides is 2. The molecule has 1 fully saturated rings. The van der Waals surface area contributed by atoms with E-state index < -0.39 is 5.82 Å². The standard InChI is InChI=1S/C23H27FN2O4/c1-29-18-9-11-21(30-2)16(12-18)13-22(27)25-17-8-10-19(24)20(14-17)26-23(28)15-6-4-3-5-7-15/h8-12,14-15H,3-7,13H2,1-2H3,(H,25,27)(H,26,28). The lowest BCUT2D eigenvalue weighted by molar-refractivity contribution is -0.120. The summed E-state index contributed by atoms with van der Waals surface area (Å²) in [7, 11) is 3.08. The summed E-state index contributed by atoms with van der Waals surface area (Å²) in [4.78, 5) is 25.0. The highest BCUT2D eigenvalue weighted by atomic mass is 19.1. The maximum atomic E-state index is 14.2. The van der Waals surface area contributed by atoms with Gasteiger partial charge in [0.25, 0.3) is 0 Å². The Balaban J connectivity index is 1.67. The molecule has 0 aromatic heterocycles. The van der Waals surface area contributed by atoms with Gasteiger partial charge in [-0.1, -0.05) is 19.3 Å². The van der Waals surface area contributed by atoms with Crippen LogP contribution in [0.3, 0.4) is 0 Å². The summed E-state index contributed by atoms with van der Waals surface area (Å²) >= 11 is 0. The highest BCUT2D eigenvalue weighted by molar-refractivity contribution is 5.96. The molecule has 0 spiro atoms. The van der Waals surface area contributed by atoms with Gasteiger partial charge in [0.1, 0.15) is 17.3 Å². The number of carbonyl (C=O) groups excluding carboxylic acids is 2. The highest BCUT2D eigenvalue weighted by Crippen LogP contribution is 2.27. The van der Waals surface area contributed by atoms with Crippen LogP contribution in [-0.4, -0.2) is 26.0 Å². The Morgan fingerprint density at radius 2 is 1.77 bits per heavy atom. The Kier molecular flexibility index (Phi) is 7.27. The first-order valence-electron chi connectivity index (χ1n) is 10.1. The van der Waals surface area contributed by atoms with E-state index in [1.807, 2.05) is 0 Å². The molecule has 2 amide bonds. The van der Waals surface area contributed by atoms with Crippen LogP contribution < -0.4 is 20.1 Å². The molecular formula is C23H27FN2O4. The van der Waals surface area contributed by atoms with E-state index in [1.165, 1.54) is 25.3 Å². The Morgan fingerprint density at radius 3 is 2.47 bits per heavy atom. The van der Waals surface area contributed by atoms with E-state index in [1.54, 1.807) is 25.3 Å². The van der Waals surface area contributed by atoms with E-state index in [4.69, 9.17) is 9.47 Å². The van der Waals surface area contributed by atoms with Crippen molar-refractivity contribution in [3.63, 3.8) is 0 Å². The van der Waals surface area contributed by atoms with Crippen molar-refractivity contribution in [1.29, 1.82) is 0 Å². The van der Waals surface area contributed by atoms with Crippen LogP contribution in [0, 0.1) is 11.7 Å². The fourth-order valence-electron chi connectivity index (χ4n) is 3.70. The molecule has 0 bridgehead atoms. The van der Waals surface area contributed by atoms with Crippen molar-refractivity contribution < 1.29 is 23.5 Å². The third-order valence-electron chi connectivity index (χ3n) is 5.32.